The molecular formula is C13H17ClO3. The molecule has 1 aliphatic carbocycles. The SMILES string of the molecule is COc1cc2c(c(OC)c1OC)CC(C)C2Cl. The molecule has 1 aliphatic rings. The lowest BCUT2D eigenvalue weighted by atomic mass is 10.1. The highest BCUT2D eigenvalue weighted by Crippen LogP contribution is 2.51. The van der Waals surface area contributed by atoms with E-state index in [1.54, 1.807) is 21.3 Å². The molecule has 2 unspecified atom stereocenters. The van der Waals surface area contributed by atoms with Crippen LogP contribution in [0.2, 0.25) is 0 Å². The van der Waals surface area contributed by atoms with E-state index < -0.39 is 0 Å². The van der Waals surface area contributed by atoms with Gasteiger partial charge in [0.2, 0.25) is 5.75 Å². The molecule has 2 atom stereocenters. The summed E-state index contributed by atoms with van der Waals surface area (Å²) < 4.78 is 16.1. The van der Waals surface area contributed by atoms with Gasteiger partial charge in [0.25, 0.3) is 0 Å². The van der Waals surface area contributed by atoms with E-state index in [1.807, 2.05) is 6.07 Å². The van der Waals surface area contributed by atoms with E-state index >= 15 is 0 Å². The van der Waals surface area contributed by atoms with Gasteiger partial charge in [0.05, 0.1) is 26.7 Å². The minimum Gasteiger partial charge on any atom is -0.493 e. The van der Waals surface area contributed by atoms with E-state index in [1.165, 1.54) is 0 Å². The van der Waals surface area contributed by atoms with Gasteiger partial charge in [0.15, 0.2) is 11.5 Å². The average Bonchev–Trinajstić information content (AvgIpc) is 2.63. The van der Waals surface area contributed by atoms with Gasteiger partial charge < -0.3 is 14.2 Å². The van der Waals surface area contributed by atoms with Crippen LogP contribution < -0.4 is 14.2 Å². The van der Waals surface area contributed by atoms with Crippen LogP contribution in [0.3, 0.4) is 0 Å². The van der Waals surface area contributed by atoms with Gasteiger partial charge in [-0.2, -0.15) is 0 Å². The van der Waals surface area contributed by atoms with Crippen molar-refractivity contribution in [3.8, 4) is 17.2 Å². The van der Waals surface area contributed by atoms with Crippen molar-refractivity contribution in [1.29, 1.82) is 0 Å². The van der Waals surface area contributed by atoms with Crippen LogP contribution in [0.1, 0.15) is 23.4 Å². The minimum absolute atomic E-state index is 0.0127. The van der Waals surface area contributed by atoms with Crippen molar-refractivity contribution in [3.63, 3.8) is 0 Å². The summed E-state index contributed by atoms with van der Waals surface area (Å²) in [6.45, 7) is 2.13. The number of benzene rings is 1. The van der Waals surface area contributed by atoms with Gasteiger partial charge in [-0.15, -0.1) is 11.6 Å². The molecule has 0 spiro atoms. The number of alkyl halides is 1. The second kappa shape index (κ2) is 4.65. The second-order valence-corrected chi connectivity index (χ2v) is 4.77. The van der Waals surface area contributed by atoms with Gasteiger partial charge in [0.1, 0.15) is 0 Å². The second-order valence-electron chi connectivity index (χ2n) is 4.30. The van der Waals surface area contributed by atoms with Crippen molar-refractivity contribution in [3.05, 3.63) is 17.2 Å². The fraction of sp³-hybridized carbons (Fsp3) is 0.538. The lowest BCUT2D eigenvalue weighted by Crippen LogP contribution is -1.99. The van der Waals surface area contributed by atoms with Crippen LogP contribution in [0, 0.1) is 5.92 Å². The molecule has 4 heteroatoms. The molecular weight excluding hydrogens is 240 g/mol. The summed E-state index contributed by atoms with van der Waals surface area (Å²) in [7, 11) is 4.87. The first-order valence-electron chi connectivity index (χ1n) is 5.59. The highest BCUT2D eigenvalue weighted by molar-refractivity contribution is 6.21. The number of methoxy groups -OCH3 is 3. The van der Waals surface area contributed by atoms with Gasteiger partial charge in [-0.3, -0.25) is 0 Å². The normalized spacial score (nSPS) is 22.2. The molecule has 94 valence electrons. The fourth-order valence-corrected chi connectivity index (χ4v) is 2.71. The number of fused-ring (bicyclic) bond motifs is 1. The Labute approximate surface area is 107 Å². The molecule has 0 amide bonds. The largest absolute Gasteiger partial charge is 0.493 e. The van der Waals surface area contributed by atoms with Crippen molar-refractivity contribution in [2.75, 3.05) is 21.3 Å². The van der Waals surface area contributed by atoms with E-state index in [-0.39, 0.29) is 5.38 Å². The first-order valence-corrected chi connectivity index (χ1v) is 6.03. The minimum atomic E-state index is 0.0127. The first kappa shape index (κ1) is 12.4. The Morgan fingerprint density at radius 3 is 2.29 bits per heavy atom. The Hall–Kier alpha value is -1.09. The third kappa shape index (κ3) is 1.82. The van der Waals surface area contributed by atoms with E-state index in [2.05, 4.69) is 6.92 Å². The summed E-state index contributed by atoms with van der Waals surface area (Å²) in [6, 6.07) is 1.96. The zero-order chi connectivity index (χ0) is 12.6. The van der Waals surface area contributed by atoms with Crippen LogP contribution in [0.4, 0.5) is 0 Å². The lowest BCUT2D eigenvalue weighted by molar-refractivity contribution is 0.322. The third-order valence-corrected chi connectivity index (χ3v) is 3.96. The average molecular weight is 257 g/mol. The first-order chi connectivity index (χ1) is 8.13. The number of hydrogen-bond donors (Lipinski definition) is 0. The van der Waals surface area contributed by atoms with Gasteiger partial charge in [-0.1, -0.05) is 6.92 Å². The summed E-state index contributed by atoms with van der Waals surface area (Å²) in [6.07, 6.45) is 0.910. The zero-order valence-corrected chi connectivity index (χ0v) is 11.3. The van der Waals surface area contributed by atoms with Crippen LogP contribution in [0.15, 0.2) is 6.07 Å². The van der Waals surface area contributed by atoms with Crippen LogP contribution >= 0.6 is 11.6 Å². The van der Waals surface area contributed by atoms with Gasteiger partial charge in [-0.25, -0.2) is 0 Å². The Balaban J connectivity index is 2.64. The van der Waals surface area contributed by atoms with Crippen molar-refractivity contribution in [1.82, 2.24) is 0 Å². The summed E-state index contributed by atoms with van der Waals surface area (Å²) in [5, 5.41) is 0.0127. The smallest absolute Gasteiger partial charge is 0.203 e. The molecule has 0 saturated heterocycles. The van der Waals surface area contributed by atoms with E-state index in [0.29, 0.717) is 17.4 Å². The molecule has 0 bridgehead atoms. The van der Waals surface area contributed by atoms with Crippen LogP contribution in [-0.2, 0) is 6.42 Å². The highest BCUT2D eigenvalue weighted by atomic mass is 35.5. The monoisotopic (exact) mass is 256 g/mol. The third-order valence-electron chi connectivity index (χ3n) is 3.29. The molecule has 0 saturated carbocycles. The summed E-state index contributed by atoms with van der Waals surface area (Å²) in [5.41, 5.74) is 2.23. The molecule has 1 aromatic carbocycles. The highest BCUT2D eigenvalue weighted by Gasteiger charge is 2.33. The maximum atomic E-state index is 6.39. The molecule has 0 N–H and O–H groups in total. The van der Waals surface area contributed by atoms with Gasteiger partial charge in [0, 0.05) is 5.56 Å². The summed E-state index contributed by atoms with van der Waals surface area (Å²) >= 11 is 6.39. The molecule has 17 heavy (non-hydrogen) atoms. The van der Waals surface area contributed by atoms with Crippen molar-refractivity contribution < 1.29 is 14.2 Å². The Kier molecular flexibility index (Phi) is 3.38. The maximum Gasteiger partial charge on any atom is 0.203 e. The van der Waals surface area contributed by atoms with Crippen LogP contribution in [0.5, 0.6) is 17.2 Å². The van der Waals surface area contributed by atoms with Crippen LogP contribution in [-0.4, -0.2) is 21.3 Å². The van der Waals surface area contributed by atoms with Crippen molar-refractivity contribution >= 4 is 11.6 Å². The molecule has 0 heterocycles. The predicted molar refractivity (Wildman–Crippen MR) is 67.6 cm³/mol. The molecule has 2 rings (SSSR count). The molecule has 0 aromatic heterocycles. The van der Waals surface area contributed by atoms with Crippen molar-refractivity contribution in [2.24, 2.45) is 5.92 Å². The zero-order valence-electron chi connectivity index (χ0n) is 10.5. The predicted octanol–water partition coefficient (Wildman–Crippen LogP) is 3.18. The van der Waals surface area contributed by atoms with Gasteiger partial charge >= 0.3 is 0 Å². The number of rotatable bonds is 3. The summed E-state index contributed by atoms with van der Waals surface area (Å²) in [4.78, 5) is 0. The number of halogens is 1. The lowest BCUT2D eigenvalue weighted by Gasteiger charge is -2.16. The Morgan fingerprint density at radius 2 is 1.76 bits per heavy atom. The van der Waals surface area contributed by atoms with E-state index in [0.717, 1.165) is 23.3 Å². The maximum absolute atomic E-state index is 6.39. The van der Waals surface area contributed by atoms with E-state index in [9.17, 15) is 0 Å². The Bertz CT molecular complexity index is 431. The topological polar surface area (TPSA) is 27.7 Å². The number of ether oxygens (including phenoxy) is 3. The molecule has 0 aliphatic heterocycles. The quantitative estimate of drug-likeness (QED) is 0.778. The van der Waals surface area contributed by atoms with Crippen molar-refractivity contribution in [2.45, 2.75) is 18.7 Å². The van der Waals surface area contributed by atoms with Crippen LogP contribution in [0.25, 0.3) is 0 Å². The molecule has 1 aromatic rings. The van der Waals surface area contributed by atoms with E-state index in [4.69, 9.17) is 25.8 Å². The number of hydrogen-bond acceptors (Lipinski definition) is 3. The molecule has 3 nitrogen and oxygen atoms in total. The Morgan fingerprint density at radius 1 is 1.12 bits per heavy atom. The fourth-order valence-electron chi connectivity index (χ4n) is 2.42. The standard InChI is InChI=1S/C13H17ClO3/c1-7-5-9-8(11(7)14)6-10(15-2)13(17-4)12(9)16-3/h6-7,11H,5H2,1-4H3. The van der Waals surface area contributed by atoms with Gasteiger partial charge in [-0.05, 0) is 24.0 Å². The molecule has 0 radical (unpaired) electrons. The molecule has 0 fully saturated rings. The summed E-state index contributed by atoms with van der Waals surface area (Å²) in [5.74, 6) is 2.46.